The molecule has 4 heterocycles. The van der Waals surface area contributed by atoms with Crippen LogP contribution in [0.4, 0.5) is 0 Å². The lowest BCUT2D eigenvalue weighted by Gasteiger charge is -2.34. The van der Waals surface area contributed by atoms with E-state index in [1.54, 1.807) is 11.3 Å². The molecule has 3 aromatic heterocycles. The van der Waals surface area contributed by atoms with Crippen molar-refractivity contribution < 1.29 is 4.79 Å². The molecule has 0 unspecified atom stereocenters. The molecule has 5 rings (SSSR count). The number of thiophene rings is 1. The molecule has 6 nitrogen and oxygen atoms in total. The third-order valence-electron chi connectivity index (χ3n) is 8.41. The van der Waals surface area contributed by atoms with Crippen LogP contribution in [-0.4, -0.2) is 64.9 Å². The first-order valence-electron chi connectivity index (χ1n) is 15.1. The average Bonchev–Trinajstić information content (AvgIpc) is 3.52. The quantitative estimate of drug-likeness (QED) is 0.203. The van der Waals surface area contributed by atoms with E-state index in [0.29, 0.717) is 0 Å². The number of hydrogen-bond donors (Lipinski definition) is 2. The number of nitrogens with one attached hydrogen (secondary N) is 2. The lowest BCUT2D eigenvalue weighted by atomic mass is 9.89. The number of aromatic amines is 1. The number of piperazine rings is 1. The highest BCUT2D eigenvalue weighted by atomic mass is 32.1. The number of carbonyl (C=O) groups is 1. The van der Waals surface area contributed by atoms with Gasteiger partial charge in [0, 0.05) is 68.5 Å². The number of H-pyrrole nitrogens is 1. The second kappa shape index (κ2) is 12.9. The molecule has 0 spiro atoms. The number of aryl methyl sites for hydroxylation is 2. The summed E-state index contributed by atoms with van der Waals surface area (Å²) in [6, 6.07) is 13.3. The third-order valence-corrected chi connectivity index (χ3v) is 9.78. The van der Waals surface area contributed by atoms with E-state index in [0.717, 1.165) is 70.0 Å². The largest absolute Gasteiger partial charge is 0.355 e. The molecule has 41 heavy (non-hydrogen) atoms. The standard InChI is InChI=1S/C34H45N5OS/c1-6-7-11-36-33(40)34(4,5)30-22-29-28(31(37-32(29)41-30)27-20-24(2)19-25(3)21-27)10-14-38-15-17-39(18-16-38)23-26-8-12-35-13-9-26/h8-9,12-13,19-22,37H,6-7,10-11,14-18,23H2,1-5H3,(H,36,40). The van der Waals surface area contributed by atoms with Gasteiger partial charge in [-0.3, -0.25) is 14.7 Å². The van der Waals surface area contributed by atoms with Crippen molar-refractivity contribution in [1.29, 1.82) is 0 Å². The summed E-state index contributed by atoms with van der Waals surface area (Å²) in [6.07, 6.45) is 6.83. The summed E-state index contributed by atoms with van der Waals surface area (Å²) < 4.78 is 0. The van der Waals surface area contributed by atoms with Gasteiger partial charge in [-0.2, -0.15) is 0 Å². The first kappa shape index (κ1) is 29.5. The van der Waals surface area contributed by atoms with Gasteiger partial charge in [-0.15, -0.1) is 11.3 Å². The number of nitrogens with zero attached hydrogens (tertiary/aromatic N) is 3. The van der Waals surface area contributed by atoms with Crippen LogP contribution in [0.5, 0.6) is 0 Å². The number of pyridine rings is 1. The Morgan fingerprint density at radius 1 is 1.02 bits per heavy atom. The second-order valence-electron chi connectivity index (χ2n) is 12.2. The molecule has 0 atom stereocenters. The molecule has 1 fully saturated rings. The second-order valence-corrected chi connectivity index (χ2v) is 13.2. The van der Waals surface area contributed by atoms with Crippen molar-refractivity contribution in [2.75, 3.05) is 39.3 Å². The van der Waals surface area contributed by atoms with E-state index in [2.05, 4.69) is 96.1 Å². The van der Waals surface area contributed by atoms with Gasteiger partial charge in [0.2, 0.25) is 5.91 Å². The summed E-state index contributed by atoms with van der Waals surface area (Å²) in [5, 5.41) is 4.42. The SMILES string of the molecule is CCCCNC(=O)C(C)(C)c1cc2c(CCN3CCN(Cc4ccncc4)CC3)c(-c3cc(C)cc(C)c3)[nH]c2s1. The van der Waals surface area contributed by atoms with E-state index in [-0.39, 0.29) is 5.91 Å². The molecule has 1 aromatic carbocycles. The summed E-state index contributed by atoms with van der Waals surface area (Å²) >= 11 is 1.73. The summed E-state index contributed by atoms with van der Waals surface area (Å²) in [5.74, 6) is 0.107. The number of aromatic nitrogens is 2. The Kier molecular flexibility index (Phi) is 9.27. The molecule has 0 saturated carbocycles. The van der Waals surface area contributed by atoms with Gasteiger partial charge in [-0.1, -0.05) is 30.5 Å². The highest BCUT2D eigenvalue weighted by Crippen LogP contribution is 2.40. The predicted octanol–water partition coefficient (Wildman–Crippen LogP) is 6.46. The third kappa shape index (κ3) is 6.91. The van der Waals surface area contributed by atoms with Crippen LogP contribution < -0.4 is 5.32 Å². The molecule has 218 valence electrons. The molecule has 4 aromatic rings. The molecule has 7 heteroatoms. The van der Waals surface area contributed by atoms with Crippen molar-refractivity contribution in [2.24, 2.45) is 0 Å². The van der Waals surface area contributed by atoms with Crippen molar-refractivity contribution in [3.8, 4) is 11.3 Å². The van der Waals surface area contributed by atoms with Gasteiger partial charge in [-0.25, -0.2) is 0 Å². The topological polar surface area (TPSA) is 64.3 Å². The van der Waals surface area contributed by atoms with Crippen LogP contribution in [0.25, 0.3) is 21.5 Å². The maximum absolute atomic E-state index is 13.1. The van der Waals surface area contributed by atoms with Gasteiger partial charge in [0.25, 0.3) is 0 Å². The van der Waals surface area contributed by atoms with Crippen LogP contribution in [0.15, 0.2) is 48.8 Å². The van der Waals surface area contributed by atoms with E-state index in [1.807, 2.05) is 12.4 Å². The van der Waals surface area contributed by atoms with Crippen LogP contribution >= 0.6 is 11.3 Å². The Bertz CT molecular complexity index is 1440. The van der Waals surface area contributed by atoms with Gasteiger partial charge in [0.05, 0.1) is 11.1 Å². The van der Waals surface area contributed by atoms with Crippen molar-refractivity contribution >= 4 is 27.5 Å². The first-order chi connectivity index (χ1) is 19.7. The molecule has 0 aliphatic carbocycles. The van der Waals surface area contributed by atoms with Gasteiger partial charge in [0.15, 0.2) is 0 Å². The minimum absolute atomic E-state index is 0.107. The normalized spacial score (nSPS) is 15.0. The van der Waals surface area contributed by atoms with Crippen LogP contribution in [-0.2, 0) is 23.2 Å². The molecule has 1 saturated heterocycles. The van der Waals surface area contributed by atoms with E-state index in [1.165, 1.54) is 43.7 Å². The maximum Gasteiger partial charge on any atom is 0.230 e. The highest BCUT2D eigenvalue weighted by molar-refractivity contribution is 7.19. The first-order valence-corrected chi connectivity index (χ1v) is 15.9. The van der Waals surface area contributed by atoms with E-state index in [4.69, 9.17) is 0 Å². The number of fused-ring (bicyclic) bond motifs is 1. The minimum Gasteiger partial charge on any atom is -0.355 e. The number of benzene rings is 1. The smallest absolute Gasteiger partial charge is 0.230 e. The number of unbranched alkanes of at least 4 members (excludes halogenated alkanes) is 1. The summed E-state index contributed by atoms with van der Waals surface area (Å²) in [5.41, 5.74) is 7.16. The molecular formula is C34H45N5OS. The van der Waals surface area contributed by atoms with Gasteiger partial charge in [-0.05, 0) is 87.6 Å². The van der Waals surface area contributed by atoms with Crippen molar-refractivity contribution in [3.63, 3.8) is 0 Å². The predicted molar refractivity (Wildman–Crippen MR) is 172 cm³/mol. The van der Waals surface area contributed by atoms with Crippen molar-refractivity contribution in [3.05, 3.63) is 75.9 Å². The molecular weight excluding hydrogens is 526 g/mol. The fourth-order valence-corrected chi connectivity index (χ4v) is 7.05. The number of amides is 1. The van der Waals surface area contributed by atoms with Crippen LogP contribution in [0.3, 0.4) is 0 Å². The lowest BCUT2D eigenvalue weighted by Crippen LogP contribution is -2.46. The summed E-state index contributed by atoms with van der Waals surface area (Å²) in [4.78, 5) is 28.5. The maximum atomic E-state index is 13.1. The molecule has 0 bridgehead atoms. The number of carbonyl (C=O) groups excluding carboxylic acids is 1. The Hall–Kier alpha value is -3.00. The monoisotopic (exact) mass is 571 g/mol. The van der Waals surface area contributed by atoms with Gasteiger partial charge < -0.3 is 15.2 Å². The number of hydrogen-bond acceptors (Lipinski definition) is 5. The molecule has 2 N–H and O–H groups in total. The Morgan fingerprint density at radius 2 is 1.71 bits per heavy atom. The fourth-order valence-electron chi connectivity index (χ4n) is 5.86. The number of rotatable bonds is 11. The Balaban J connectivity index is 1.36. The highest BCUT2D eigenvalue weighted by Gasteiger charge is 2.32. The molecule has 1 amide bonds. The van der Waals surface area contributed by atoms with Gasteiger partial charge in [0.1, 0.15) is 4.83 Å². The fraction of sp³-hybridized carbons (Fsp3) is 0.471. The van der Waals surface area contributed by atoms with E-state index < -0.39 is 5.41 Å². The van der Waals surface area contributed by atoms with Crippen molar-refractivity contribution in [2.45, 2.75) is 65.8 Å². The minimum atomic E-state index is -0.569. The summed E-state index contributed by atoms with van der Waals surface area (Å²) in [6.45, 7) is 17.7. The van der Waals surface area contributed by atoms with Crippen LogP contribution in [0.2, 0.25) is 0 Å². The zero-order valence-corrected chi connectivity index (χ0v) is 26.2. The zero-order chi connectivity index (χ0) is 29.0. The Morgan fingerprint density at radius 3 is 2.39 bits per heavy atom. The lowest BCUT2D eigenvalue weighted by molar-refractivity contribution is -0.125. The Labute approximate surface area is 249 Å². The average molecular weight is 572 g/mol. The van der Waals surface area contributed by atoms with Crippen LogP contribution in [0.1, 0.15) is 60.7 Å². The van der Waals surface area contributed by atoms with Crippen LogP contribution in [0, 0.1) is 13.8 Å². The van der Waals surface area contributed by atoms with Crippen molar-refractivity contribution in [1.82, 2.24) is 25.1 Å². The van der Waals surface area contributed by atoms with E-state index >= 15 is 0 Å². The molecule has 1 aliphatic rings. The molecule has 0 radical (unpaired) electrons. The van der Waals surface area contributed by atoms with E-state index in [9.17, 15) is 4.79 Å². The molecule has 1 aliphatic heterocycles. The van der Waals surface area contributed by atoms with Gasteiger partial charge >= 0.3 is 0 Å². The zero-order valence-electron chi connectivity index (χ0n) is 25.3. The summed E-state index contributed by atoms with van der Waals surface area (Å²) in [7, 11) is 0.